The number of rotatable bonds is 6. The maximum atomic E-state index is 15.4. The summed E-state index contributed by atoms with van der Waals surface area (Å²) in [6, 6.07) is 11.5. The van der Waals surface area contributed by atoms with Crippen LogP contribution in [0.5, 0.6) is 0 Å². The molecule has 1 saturated heterocycles. The predicted molar refractivity (Wildman–Crippen MR) is 137 cm³/mol. The molecule has 2 aromatic carbocycles. The molecule has 0 unspecified atom stereocenters. The van der Waals surface area contributed by atoms with Gasteiger partial charge in [0.05, 0.1) is 16.6 Å². The maximum absolute atomic E-state index is 15.4. The number of esters is 1. The Hall–Kier alpha value is -3.33. The number of benzene rings is 2. The lowest BCUT2D eigenvalue weighted by Crippen LogP contribution is -2.26. The second-order valence-electron chi connectivity index (χ2n) is 9.51. The van der Waals surface area contributed by atoms with E-state index in [1.165, 1.54) is 12.8 Å². The molecule has 3 aromatic rings. The molecule has 2 N–H and O–H groups in total. The SMILES string of the molecule is CC(C)(C)OC(=O)CC(=N)OC(=N)Cc1nc2ccc(-c3ccc(N4CCCC4)cc3)c(F)c2s1. The van der Waals surface area contributed by atoms with Crippen molar-refractivity contribution in [3.05, 3.63) is 47.2 Å². The van der Waals surface area contributed by atoms with Crippen LogP contribution in [0.3, 0.4) is 0 Å². The Kier molecular flexibility index (Phi) is 7.16. The van der Waals surface area contributed by atoms with Crippen LogP contribution in [0.4, 0.5) is 10.1 Å². The standard InChI is InChI=1S/C26H29FN4O3S/c1-26(2,3)34-23(32)15-21(29)33-20(28)14-22-30-19-11-10-18(24(27)25(19)35-22)16-6-8-17(9-7-16)31-12-4-5-13-31/h6-11,28-29H,4-5,12-15H2,1-3H3. The average molecular weight is 497 g/mol. The zero-order chi connectivity index (χ0) is 25.2. The molecule has 1 aliphatic heterocycles. The van der Waals surface area contributed by atoms with Crippen molar-refractivity contribution in [1.82, 2.24) is 4.98 Å². The van der Waals surface area contributed by atoms with Gasteiger partial charge in [0.2, 0.25) is 0 Å². The van der Waals surface area contributed by atoms with Crippen molar-refractivity contribution in [3.8, 4) is 11.1 Å². The summed E-state index contributed by atoms with van der Waals surface area (Å²) < 4.78 is 26.1. The van der Waals surface area contributed by atoms with Gasteiger partial charge in [-0.2, -0.15) is 0 Å². The highest BCUT2D eigenvalue weighted by Gasteiger charge is 2.20. The topological polar surface area (TPSA) is 99.4 Å². The summed E-state index contributed by atoms with van der Waals surface area (Å²) in [4.78, 5) is 18.6. The highest BCUT2D eigenvalue weighted by atomic mass is 32.1. The Balaban J connectivity index is 1.42. The summed E-state index contributed by atoms with van der Waals surface area (Å²) in [5, 5.41) is 16.3. The number of carbonyl (C=O) groups excluding carboxylic acids is 1. The lowest BCUT2D eigenvalue weighted by atomic mass is 10.0. The Labute approximate surface area is 207 Å². The van der Waals surface area contributed by atoms with Crippen molar-refractivity contribution < 1.29 is 18.7 Å². The second-order valence-corrected chi connectivity index (χ2v) is 10.6. The van der Waals surface area contributed by atoms with Crippen LogP contribution in [0.2, 0.25) is 0 Å². The van der Waals surface area contributed by atoms with Crippen LogP contribution in [0.25, 0.3) is 21.3 Å². The number of aromatic nitrogens is 1. The molecule has 0 bridgehead atoms. The molecular weight excluding hydrogens is 467 g/mol. The van der Waals surface area contributed by atoms with Crippen molar-refractivity contribution in [2.75, 3.05) is 18.0 Å². The number of hydrogen-bond acceptors (Lipinski definition) is 8. The summed E-state index contributed by atoms with van der Waals surface area (Å²) in [6.07, 6.45) is 2.03. The van der Waals surface area contributed by atoms with Gasteiger partial charge in [-0.05, 0) is 63.4 Å². The minimum atomic E-state index is -0.662. The molecule has 7 nitrogen and oxygen atoms in total. The third kappa shape index (κ3) is 6.22. The van der Waals surface area contributed by atoms with E-state index in [4.69, 9.17) is 20.3 Å². The van der Waals surface area contributed by atoms with Crippen molar-refractivity contribution >= 4 is 45.0 Å². The van der Waals surface area contributed by atoms with Crippen LogP contribution in [0.15, 0.2) is 36.4 Å². The molecule has 2 heterocycles. The molecule has 0 radical (unpaired) electrons. The fourth-order valence-electron chi connectivity index (χ4n) is 4.00. The number of nitrogens with one attached hydrogen (secondary N) is 2. The van der Waals surface area contributed by atoms with Gasteiger partial charge in [-0.15, -0.1) is 11.3 Å². The van der Waals surface area contributed by atoms with Crippen LogP contribution < -0.4 is 4.90 Å². The smallest absolute Gasteiger partial charge is 0.315 e. The molecule has 35 heavy (non-hydrogen) atoms. The second kappa shape index (κ2) is 10.1. The number of anilines is 1. The molecule has 1 aromatic heterocycles. The number of halogens is 1. The maximum Gasteiger partial charge on any atom is 0.315 e. The highest BCUT2D eigenvalue weighted by Crippen LogP contribution is 2.34. The number of fused-ring (bicyclic) bond motifs is 1. The van der Waals surface area contributed by atoms with E-state index in [0.29, 0.717) is 20.8 Å². The molecule has 4 rings (SSSR count). The van der Waals surface area contributed by atoms with Crippen LogP contribution in [-0.2, 0) is 20.7 Å². The van der Waals surface area contributed by atoms with Gasteiger partial charge >= 0.3 is 5.97 Å². The third-order valence-electron chi connectivity index (χ3n) is 5.47. The number of ether oxygens (including phenoxy) is 2. The molecular formula is C26H29FN4O3S. The first kappa shape index (κ1) is 24.8. The molecule has 9 heteroatoms. The van der Waals surface area contributed by atoms with E-state index in [2.05, 4.69) is 9.88 Å². The molecule has 0 spiro atoms. The van der Waals surface area contributed by atoms with E-state index in [1.54, 1.807) is 32.9 Å². The zero-order valence-corrected chi connectivity index (χ0v) is 20.9. The van der Waals surface area contributed by atoms with Gasteiger partial charge in [0.15, 0.2) is 11.8 Å². The number of carbonyl (C=O) groups is 1. The van der Waals surface area contributed by atoms with E-state index in [9.17, 15) is 4.79 Å². The van der Waals surface area contributed by atoms with Gasteiger partial charge in [-0.3, -0.25) is 15.6 Å². The zero-order valence-electron chi connectivity index (χ0n) is 20.1. The van der Waals surface area contributed by atoms with Gasteiger partial charge < -0.3 is 14.4 Å². The van der Waals surface area contributed by atoms with Gasteiger partial charge in [-0.25, -0.2) is 9.37 Å². The lowest BCUT2D eigenvalue weighted by molar-refractivity contribution is -0.153. The molecule has 0 atom stereocenters. The summed E-state index contributed by atoms with van der Waals surface area (Å²) >= 11 is 1.16. The summed E-state index contributed by atoms with van der Waals surface area (Å²) in [6.45, 7) is 7.32. The lowest BCUT2D eigenvalue weighted by Gasteiger charge is -2.19. The number of hydrogen-bond donors (Lipinski definition) is 2. The van der Waals surface area contributed by atoms with Gasteiger partial charge in [0.25, 0.3) is 0 Å². The summed E-state index contributed by atoms with van der Waals surface area (Å²) in [5.74, 6) is -1.56. The fraction of sp³-hybridized carbons (Fsp3) is 0.385. The Bertz CT molecular complexity index is 1260. The summed E-state index contributed by atoms with van der Waals surface area (Å²) in [7, 11) is 0. The van der Waals surface area contributed by atoms with E-state index in [-0.39, 0.29) is 30.5 Å². The molecule has 1 fully saturated rings. The number of thiazole rings is 1. The fourth-order valence-corrected chi connectivity index (χ4v) is 5.00. The largest absolute Gasteiger partial charge is 0.460 e. The molecule has 184 valence electrons. The van der Waals surface area contributed by atoms with E-state index < -0.39 is 11.6 Å². The molecule has 0 aliphatic carbocycles. The van der Waals surface area contributed by atoms with E-state index >= 15 is 4.39 Å². The predicted octanol–water partition coefficient (Wildman–Crippen LogP) is 5.95. The third-order valence-corrected chi connectivity index (χ3v) is 6.54. The first-order valence-electron chi connectivity index (χ1n) is 11.6. The molecule has 0 saturated carbocycles. The van der Waals surface area contributed by atoms with Crippen LogP contribution in [-0.4, -0.2) is 41.4 Å². The Morgan fingerprint density at radius 1 is 1.09 bits per heavy atom. The minimum absolute atomic E-state index is 0.00461. The van der Waals surface area contributed by atoms with Crippen molar-refractivity contribution in [3.63, 3.8) is 0 Å². The highest BCUT2D eigenvalue weighted by molar-refractivity contribution is 7.18. The van der Waals surface area contributed by atoms with Crippen molar-refractivity contribution in [2.24, 2.45) is 0 Å². The van der Waals surface area contributed by atoms with Gasteiger partial charge in [0, 0.05) is 24.3 Å². The first-order chi connectivity index (χ1) is 16.6. The number of nitrogens with zero attached hydrogens (tertiary/aromatic N) is 2. The minimum Gasteiger partial charge on any atom is -0.460 e. The van der Waals surface area contributed by atoms with E-state index in [1.807, 2.05) is 24.3 Å². The van der Waals surface area contributed by atoms with Crippen molar-refractivity contribution in [2.45, 2.75) is 52.1 Å². The van der Waals surface area contributed by atoms with Gasteiger partial charge in [0.1, 0.15) is 22.8 Å². The monoisotopic (exact) mass is 496 g/mol. The van der Waals surface area contributed by atoms with Gasteiger partial charge in [-0.1, -0.05) is 12.1 Å². The quantitative estimate of drug-likeness (QED) is 0.250. The molecule has 1 aliphatic rings. The van der Waals surface area contributed by atoms with Crippen molar-refractivity contribution in [1.29, 1.82) is 10.8 Å². The Morgan fingerprint density at radius 3 is 2.43 bits per heavy atom. The Morgan fingerprint density at radius 2 is 1.77 bits per heavy atom. The molecule has 0 amide bonds. The van der Waals surface area contributed by atoms with Crippen LogP contribution in [0.1, 0.15) is 45.0 Å². The summed E-state index contributed by atoms with van der Waals surface area (Å²) in [5.41, 5.74) is 2.31. The van der Waals surface area contributed by atoms with Crippen LogP contribution >= 0.6 is 11.3 Å². The normalized spacial score (nSPS) is 13.8. The average Bonchev–Trinajstić information content (AvgIpc) is 3.43. The van der Waals surface area contributed by atoms with Crippen LogP contribution in [0, 0.1) is 16.6 Å². The van der Waals surface area contributed by atoms with E-state index in [0.717, 1.165) is 35.7 Å². The first-order valence-corrected chi connectivity index (χ1v) is 12.4.